The van der Waals surface area contributed by atoms with Gasteiger partial charge in [0.1, 0.15) is 0 Å². The van der Waals surface area contributed by atoms with Crippen LogP contribution in [0.3, 0.4) is 0 Å². The van der Waals surface area contributed by atoms with Gasteiger partial charge in [0.2, 0.25) is 5.82 Å². The molecule has 0 radical (unpaired) electrons. The maximum Gasteiger partial charge on any atom is 0.373 e. The molecule has 78 valence electrons. The number of aliphatic carboxylic acids is 1. The van der Waals surface area contributed by atoms with Crippen LogP contribution in [-0.2, 0) is 4.79 Å². The molecular formula is C7H5N3O5. The Hall–Kier alpha value is -2.51. The molecule has 0 bridgehead atoms. The van der Waals surface area contributed by atoms with E-state index in [0.717, 1.165) is 6.08 Å². The van der Waals surface area contributed by atoms with Gasteiger partial charge in [0.05, 0.1) is 0 Å². The number of aromatic carboxylic acids is 1. The molecule has 0 saturated heterocycles. The van der Waals surface area contributed by atoms with Gasteiger partial charge in [-0.1, -0.05) is 0 Å². The Kier molecular flexibility index (Phi) is 2.91. The van der Waals surface area contributed by atoms with Crippen molar-refractivity contribution >= 4 is 18.0 Å². The summed E-state index contributed by atoms with van der Waals surface area (Å²) in [6.45, 7) is 0. The smallest absolute Gasteiger partial charge is 0.373 e. The van der Waals surface area contributed by atoms with E-state index < -0.39 is 23.3 Å². The fourth-order valence-electron chi connectivity index (χ4n) is 0.701. The molecule has 0 aliphatic carbocycles. The molecular weight excluding hydrogens is 206 g/mol. The Bertz CT molecular complexity index is 490. The Morgan fingerprint density at radius 3 is 2.40 bits per heavy atom. The Balaban J connectivity index is 3.09. The molecule has 0 fully saturated rings. The summed E-state index contributed by atoms with van der Waals surface area (Å²) in [4.78, 5) is 33.5. The number of carboxylic acids is 2. The summed E-state index contributed by atoms with van der Waals surface area (Å²) in [6, 6.07) is 0. The van der Waals surface area contributed by atoms with Crippen molar-refractivity contribution in [2.24, 2.45) is 0 Å². The lowest BCUT2D eigenvalue weighted by atomic mass is 10.4. The summed E-state index contributed by atoms with van der Waals surface area (Å²) in [7, 11) is 0. The number of carboxylic acid groups (broad SMARTS) is 2. The van der Waals surface area contributed by atoms with Crippen LogP contribution in [0.5, 0.6) is 0 Å². The summed E-state index contributed by atoms with van der Waals surface area (Å²) >= 11 is 0. The van der Waals surface area contributed by atoms with Gasteiger partial charge in [-0.25, -0.2) is 9.59 Å². The molecule has 0 spiro atoms. The predicted molar refractivity (Wildman–Crippen MR) is 46.3 cm³/mol. The van der Waals surface area contributed by atoms with Gasteiger partial charge in [0.25, 0.3) is 5.56 Å². The van der Waals surface area contributed by atoms with Crippen molar-refractivity contribution in [2.45, 2.75) is 0 Å². The zero-order valence-electron chi connectivity index (χ0n) is 7.17. The second-order valence-corrected chi connectivity index (χ2v) is 2.36. The maximum atomic E-state index is 11.1. The molecule has 0 amide bonds. The molecule has 1 rings (SSSR count). The standard InChI is InChI=1S/C7H5N3O5/c11-4(12)2-1-3-6(13)8-5(7(14)15)10-9-3/h1-2H,(H,11,12)(H,14,15)(H,8,10,13)/b2-1+. The third-order valence-electron chi connectivity index (χ3n) is 1.31. The topological polar surface area (TPSA) is 133 Å². The van der Waals surface area contributed by atoms with E-state index in [4.69, 9.17) is 10.2 Å². The largest absolute Gasteiger partial charge is 0.478 e. The molecule has 0 aliphatic rings. The van der Waals surface area contributed by atoms with Crippen molar-refractivity contribution in [3.8, 4) is 0 Å². The monoisotopic (exact) mass is 211 g/mol. The van der Waals surface area contributed by atoms with Crippen molar-refractivity contribution in [1.82, 2.24) is 15.2 Å². The van der Waals surface area contributed by atoms with Crippen LogP contribution >= 0.6 is 0 Å². The molecule has 0 atom stereocenters. The predicted octanol–water partition coefficient (Wildman–Crippen LogP) is -1.04. The van der Waals surface area contributed by atoms with E-state index in [1.54, 1.807) is 0 Å². The lowest BCUT2D eigenvalue weighted by Crippen LogP contribution is -2.19. The first-order chi connectivity index (χ1) is 7.00. The molecule has 1 heterocycles. The molecule has 0 unspecified atom stereocenters. The first kappa shape index (κ1) is 10.6. The average molecular weight is 211 g/mol. The number of aromatic amines is 1. The van der Waals surface area contributed by atoms with Crippen molar-refractivity contribution in [2.75, 3.05) is 0 Å². The molecule has 15 heavy (non-hydrogen) atoms. The number of aromatic nitrogens is 3. The van der Waals surface area contributed by atoms with Crippen LogP contribution in [-0.4, -0.2) is 37.3 Å². The first-order valence-corrected chi connectivity index (χ1v) is 3.62. The highest BCUT2D eigenvalue weighted by Crippen LogP contribution is 1.89. The van der Waals surface area contributed by atoms with Crippen molar-refractivity contribution < 1.29 is 19.8 Å². The minimum atomic E-state index is -1.42. The van der Waals surface area contributed by atoms with Gasteiger partial charge < -0.3 is 10.2 Å². The zero-order chi connectivity index (χ0) is 11.4. The highest BCUT2D eigenvalue weighted by atomic mass is 16.4. The minimum Gasteiger partial charge on any atom is -0.478 e. The number of nitrogens with zero attached hydrogens (tertiary/aromatic N) is 2. The second-order valence-electron chi connectivity index (χ2n) is 2.36. The number of H-pyrrole nitrogens is 1. The Morgan fingerprint density at radius 2 is 1.93 bits per heavy atom. The molecule has 1 aromatic heterocycles. The van der Waals surface area contributed by atoms with Crippen LogP contribution in [0.25, 0.3) is 6.08 Å². The van der Waals surface area contributed by atoms with Crippen molar-refractivity contribution in [1.29, 1.82) is 0 Å². The van der Waals surface area contributed by atoms with Gasteiger partial charge in [-0.2, -0.15) is 0 Å². The van der Waals surface area contributed by atoms with E-state index in [1.807, 2.05) is 4.98 Å². The fraction of sp³-hybridized carbons (Fsp3) is 0. The average Bonchev–Trinajstić information content (AvgIpc) is 2.15. The van der Waals surface area contributed by atoms with Crippen molar-refractivity contribution in [3.05, 3.63) is 27.9 Å². The molecule has 1 aromatic rings. The van der Waals surface area contributed by atoms with E-state index in [0.29, 0.717) is 6.08 Å². The van der Waals surface area contributed by atoms with E-state index in [1.165, 1.54) is 0 Å². The Morgan fingerprint density at radius 1 is 1.27 bits per heavy atom. The SMILES string of the molecule is O=C(O)/C=C/c1nnc(C(=O)O)[nH]c1=O. The molecule has 8 nitrogen and oxygen atoms in total. The lowest BCUT2D eigenvalue weighted by Gasteiger charge is -1.92. The summed E-state index contributed by atoms with van der Waals surface area (Å²) < 4.78 is 0. The minimum absolute atomic E-state index is 0.276. The third kappa shape index (κ3) is 2.72. The molecule has 0 saturated carbocycles. The maximum absolute atomic E-state index is 11.1. The van der Waals surface area contributed by atoms with Crippen molar-refractivity contribution in [3.63, 3.8) is 0 Å². The van der Waals surface area contributed by atoms with Gasteiger partial charge in [0, 0.05) is 6.08 Å². The van der Waals surface area contributed by atoms with Gasteiger partial charge >= 0.3 is 11.9 Å². The van der Waals surface area contributed by atoms with Crippen LogP contribution in [0.2, 0.25) is 0 Å². The zero-order valence-corrected chi connectivity index (χ0v) is 7.17. The second kappa shape index (κ2) is 4.13. The van der Waals surface area contributed by atoms with E-state index in [-0.39, 0.29) is 5.69 Å². The van der Waals surface area contributed by atoms with Crippen LogP contribution < -0.4 is 5.56 Å². The van der Waals surface area contributed by atoms with Gasteiger partial charge in [-0.3, -0.25) is 9.78 Å². The van der Waals surface area contributed by atoms with Crippen LogP contribution in [0.4, 0.5) is 0 Å². The third-order valence-corrected chi connectivity index (χ3v) is 1.31. The van der Waals surface area contributed by atoms with Gasteiger partial charge in [-0.15, -0.1) is 10.2 Å². The summed E-state index contributed by atoms with van der Waals surface area (Å²) in [5, 5.41) is 23.1. The summed E-state index contributed by atoms with van der Waals surface area (Å²) in [5.41, 5.74) is -1.10. The van der Waals surface area contributed by atoms with E-state index >= 15 is 0 Å². The highest BCUT2D eigenvalue weighted by molar-refractivity contribution is 5.85. The van der Waals surface area contributed by atoms with E-state index in [2.05, 4.69) is 10.2 Å². The number of nitrogens with one attached hydrogen (secondary N) is 1. The Labute approximate surface area is 81.9 Å². The molecule has 3 N–H and O–H groups in total. The number of rotatable bonds is 3. The summed E-state index contributed by atoms with van der Waals surface area (Å²) in [6.07, 6.45) is 1.61. The number of hydrogen-bond donors (Lipinski definition) is 3. The quantitative estimate of drug-likeness (QED) is 0.543. The number of hydrogen-bond acceptors (Lipinski definition) is 5. The fourth-order valence-corrected chi connectivity index (χ4v) is 0.701. The normalized spacial score (nSPS) is 10.4. The first-order valence-electron chi connectivity index (χ1n) is 3.62. The highest BCUT2D eigenvalue weighted by Gasteiger charge is 2.08. The summed E-state index contributed by atoms with van der Waals surface area (Å²) in [5.74, 6) is -3.28. The van der Waals surface area contributed by atoms with Gasteiger partial charge in [-0.05, 0) is 6.08 Å². The molecule has 8 heteroatoms. The molecule has 0 aromatic carbocycles. The van der Waals surface area contributed by atoms with Crippen LogP contribution in [0.1, 0.15) is 16.3 Å². The molecule has 0 aliphatic heterocycles. The van der Waals surface area contributed by atoms with Gasteiger partial charge in [0.15, 0.2) is 5.69 Å². The van der Waals surface area contributed by atoms with E-state index in [9.17, 15) is 14.4 Å². The van der Waals surface area contributed by atoms with Crippen LogP contribution in [0.15, 0.2) is 10.9 Å². The lowest BCUT2D eigenvalue weighted by molar-refractivity contribution is -0.131. The van der Waals surface area contributed by atoms with Crippen LogP contribution in [0, 0.1) is 0 Å². The number of carbonyl (C=O) groups is 2.